The maximum Gasteiger partial charge on any atom is 0.242 e. The number of amides is 2. The monoisotopic (exact) mass is 472 g/mol. The highest BCUT2D eigenvalue weighted by atomic mass is 16.6. The van der Waals surface area contributed by atoms with Gasteiger partial charge in [-0.3, -0.25) is 9.59 Å². The van der Waals surface area contributed by atoms with Gasteiger partial charge in [-0.15, -0.1) is 0 Å². The summed E-state index contributed by atoms with van der Waals surface area (Å²) in [6.45, 7) is 3.46. The molecule has 0 aliphatic carbocycles. The number of carbonyl (C=O) groups is 2. The van der Waals surface area contributed by atoms with E-state index >= 15 is 0 Å². The van der Waals surface area contributed by atoms with Crippen LogP contribution in [0.1, 0.15) is 28.7 Å². The van der Waals surface area contributed by atoms with Gasteiger partial charge in [0.15, 0.2) is 11.5 Å². The second-order valence-electron chi connectivity index (χ2n) is 8.81. The molecule has 4 rings (SSSR count). The largest absolute Gasteiger partial charge is 0.486 e. The van der Waals surface area contributed by atoms with Gasteiger partial charge in [0, 0.05) is 26.4 Å². The molecular weight excluding hydrogens is 440 g/mol. The van der Waals surface area contributed by atoms with Crippen LogP contribution in [0.2, 0.25) is 0 Å². The van der Waals surface area contributed by atoms with Crippen molar-refractivity contribution in [2.45, 2.75) is 38.8 Å². The second kappa shape index (κ2) is 11.6. The number of aryl methyl sites for hydroxylation is 2. The van der Waals surface area contributed by atoms with Crippen LogP contribution in [0.25, 0.3) is 0 Å². The Morgan fingerprint density at radius 1 is 0.886 bits per heavy atom. The third-order valence-corrected chi connectivity index (χ3v) is 6.19. The summed E-state index contributed by atoms with van der Waals surface area (Å²) in [5.74, 6) is 1.21. The van der Waals surface area contributed by atoms with E-state index in [4.69, 9.17) is 9.47 Å². The lowest BCUT2D eigenvalue weighted by Gasteiger charge is -2.31. The van der Waals surface area contributed by atoms with Gasteiger partial charge < -0.3 is 19.7 Å². The van der Waals surface area contributed by atoms with Gasteiger partial charge in [-0.2, -0.15) is 0 Å². The quantitative estimate of drug-likeness (QED) is 0.510. The molecule has 0 bridgehead atoms. The zero-order valence-corrected chi connectivity index (χ0v) is 20.3. The van der Waals surface area contributed by atoms with Crippen LogP contribution < -0.4 is 14.8 Å². The highest BCUT2D eigenvalue weighted by Crippen LogP contribution is 2.31. The van der Waals surface area contributed by atoms with Crippen molar-refractivity contribution in [3.63, 3.8) is 0 Å². The first kappa shape index (κ1) is 24.3. The summed E-state index contributed by atoms with van der Waals surface area (Å²) in [5.41, 5.74) is 4.12. The van der Waals surface area contributed by atoms with Gasteiger partial charge in [0.25, 0.3) is 0 Å². The lowest BCUT2D eigenvalue weighted by molar-refractivity contribution is -0.141. The molecule has 1 aliphatic heterocycles. The molecular formula is C29H32N2O4. The number of nitrogens with zero attached hydrogens (tertiary/aromatic N) is 1. The van der Waals surface area contributed by atoms with E-state index in [0.29, 0.717) is 38.3 Å². The predicted octanol–water partition coefficient (Wildman–Crippen LogP) is 4.08. The Hall–Kier alpha value is -3.80. The standard InChI is InChI=1S/C29H32N2O4/c1-21-7-6-10-24(17-21)20-31(25(29(33)30-2)18-22-8-4-3-5-9-22)28(32)14-12-23-11-13-26-27(19-23)35-16-15-34-26/h3-11,13,17,19,25H,12,14-16,18,20H2,1-2H3,(H,30,33)/t25-/m1/s1. The Morgan fingerprint density at radius 3 is 2.37 bits per heavy atom. The second-order valence-corrected chi connectivity index (χ2v) is 8.81. The van der Waals surface area contributed by atoms with Crippen LogP contribution in [0.5, 0.6) is 11.5 Å². The van der Waals surface area contributed by atoms with Crippen molar-refractivity contribution in [3.05, 3.63) is 95.1 Å². The summed E-state index contributed by atoms with van der Waals surface area (Å²) in [7, 11) is 1.62. The number of rotatable bonds is 9. The van der Waals surface area contributed by atoms with E-state index in [1.807, 2.05) is 73.7 Å². The van der Waals surface area contributed by atoms with E-state index in [1.54, 1.807) is 11.9 Å². The number of nitrogens with one attached hydrogen (secondary N) is 1. The molecule has 3 aromatic rings. The topological polar surface area (TPSA) is 67.9 Å². The van der Waals surface area contributed by atoms with Gasteiger partial charge in [-0.05, 0) is 42.2 Å². The normalized spacial score (nSPS) is 13.1. The molecule has 1 atom stereocenters. The van der Waals surface area contributed by atoms with Crippen molar-refractivity contribution in [1.29, 1.82) is 0 Å². The van der Waals surface area contributed by atoms with Crippen molar-refractivity contribution in [3.8, 4) is 11.5 Å². The van der Waals surface area contributed by atoms with E-state index < -0.39 is 6.04 Å². The van der Waals surface area contributed by atoms with Crippen LogP contribution in [0, 0.1) is 6.92 Å². The van der Waals surface area contributed by atoms with Crippen molar-refractivity contribution in [2.75, 3.05) is 20.3 Å². The number of hydrogen-bond acceptors (Lipinski definition) is 4. The van der Waals surface area contributed by atoms with Crippen LogP contribution in [-0.4, -0.2) is 43.0 Å². The molecule has 0 saturated carbocycles. The fourth-order valence-electron chi connectivity index (χ4n) is 4.37. The number of ether oxygens (including phenoxy) is 2. The van der Waals surface area contributed by atoms with E-state index in [0.717, 1.165) is 28.0 Å². The molecule has 6 heteroatoms. The minimum atomic E-state index is -0.615. The molecule has 0 fully saturated rings. The molecule has 35 heavy (non-hydrogen) atoms. The van der Waals surface area contributed by atoms with E-state index in [9.17, 15) is 9.59 Å². The van der Waals surface area contributed by atoms with E-state index in [-0.39, 0.29) is 18.2 Å². The summed E-state index contributed by atoms with van der Waals surface area (Å²) >= 11 is 0. The van der Waals surface area contributed by atoms with Crippen LogP contribution in [0.15, 0.2) is 72.8 Å². The highest BCUT2D eigenvalue weighted by molar-refractivity contribution is 5.88. The Labute approximate surface area is 206 Å². The Morgan fingerprint density at radius 2 is 1.63 bits per heavy atom. The maximum absolute atomic E-state index is 13.6. The summed E-state index contributed by atoms with van der Waals surface area (Å²) in [6, 6.07) is 23.1. The average Bonchev–Trinajstić information content (AvgIpc) is 2.89. The van der Waals surface area contributed by atoms with Crippen molar-refractivity contribution >= 4 is 11.8 Å². The molecule has 182 valence electrons. The minimum Gasteiger partial charge on any atom is -0.486 e. The van der Waals surface area contributed by atoms with Gasteiger partial charge in [-0.25, -0.2) is 0 Å². The molecule has 1 N–H and O–H groups in total. The lowest BCUT2D eigenvalue weighted by atomic mass is 10.0. The fraction of sp³-hybridized carbons (Fsp3) is 0.310. The Bertz CT molecular complexity index is 1160. The van der Waals surface area contributed by atoms with Gasteiger partial charge in [0.1, 0.15) is 19.3 Å². The Balaban J connectivity index is 1.56. The van der Waals surface area contributed by atoms with Gasteiger partial charge in [0.2, 0.25) is 11.8 Å². The van der Waals surface area contributed by atoms with Crippen LogP contribution in [0.3, 0.4) is 0 Å². The fourth-order valence-corrected chi connectivity index (χ4v) is 4.37. The smallest absolute Gasteiger partial charge is 0.242 e. The van der Waals surface area contributed by atoms with Gasteiger partial charge in [-0.1, -0.05) is 66.2 Å². The van der Waals surface area contributed by atoms with Crippen molar-refractivity contribution < 1.29 is 19.1 Å². The van der Waals surface area contributed by atoms with E-state index in [2.05, 4.69) is 11.4 Å². The summed E-state index contributed by atoms with van der Waals surface area (Å²) in [6.07, 6.45) is 1.28. The summed E-state index contributed by atoms with van der Waals surface area (Å²) in [5, 5.41) is 2.76. The first-order chi connectivity index (χ1) is 17.0. The van der Waals surface area contributed by atoms with Crippen LogP contribution >= 0.6 is 0 Å². The van der Waals surface area contributed by atoms with Crippen LogP contribution in [0.4, 0.5) is 0 Å². The molecule has 1 heterocycles. The van der Waals surface area contributed by atoms with Gasteiger partial charge in [0.05, 0.1) is 0 Å². The first-order valence-electron chi connectivity index (χ1n) is 12.0. The number of likely N-dealkylation sites (N-methyl/N-ethyl adjacent to an activating group) is 1. The number of hydrogen-bond donors (Lipinski definition) is 1. The molecule has 0 aromatic heterocycles. The molecule has 0 spiro atoms. The molecule has 1 aliphatic rings. The highest BCUT2D eigenvalue weighted by Gasteiger charge is 2.29. The molecule has 0 radical (unpaired) electrons. The van der Waals surface area contributed by atoms with Crippen LogP contribution in [-0.2, 0) is 29.0 Å². The first-order valence-corrected chi connectivity index (χ1v) is 12.0. The Kier molecular flexibility index (Phi) is 8.03. The van der Waals surface area contributed by atoms with Gasteiger partial charge >= 0.3 is 0 Å². The van der Waals surface area contributed by atoms with Crippen molar-refractivity contribution in [1.82, 2.24) is 10.2 Å². The zero-order valence-electron chi connectivity index (χ0n) is 20.3. The number of benzene rings is 3. The summed E-state index contributed by atoms with van der Waals surface area (Å²) < 4.78 is 11.3. The lowest BCUT2D eigenvalue weighted by Crippen LogP contribution is -2.49. The number of fused-ring (bicyclic) bond motifs is 1. The third-order valence-electron chi connectivity index (χ3n) is 6.19. The molecule has 0 unspecified atom stereocenters. The molecule has 2 amide bonds. The minimum absolute atomic E-state index is 0.0640. The van der Waals surface area contributed by atoms with Crippen molar-refractivity contribution in [2.24, 2.45) is 0 Å². The predicted molar refractivity (Wildman–Crippen MR) is 135 cm³/mol. The molecule has 3 aromatic carbocycles. The average molecular weight is 473 g/mol. The third kappa shape index (κ3) is 6.41. The van der Waals surface area contributed by atoms with E-state index in [1.165, 1.54) is 0 Å². The molecule has 6 nitrogen and oxygen atoms in total. The SMILES string of the molecule is CNC(=O)[C@@H](Cc1ccccc1)N(Cc1cccc(C)c1)C(=O)CCc1ccc2c(c1)OCCO2. The zero-order chi connectivity index (χ0) is 24.6. The maximum atomic E-state index is 13.6. The number of carbonyl (C=O) groups excluding carboxylic acids is 2. The molecule has 0 saturated heterocycles. The summed E-state index contributed by atoms with van der Waals surface area (Å²) in [4.78, 5) is 28.4.